The minimum Gasteiger partial charge on any atom is -0.403 e. The van der Waals surface area contributed by atoms with E-state index in [9.17, 15) is 13.2 Å². The molecule has 0 atom stereocenters. The van der Waals surface area contributed by atoms with E-state index in [0.29, 0.717) is 23.2 Å². The van der Waals surface area contributed by atoms with Crippen molar-refractivity contribution in [3.8, 4) is 5.75 Å². The largest absolute Gasteiger partial charge is 0.573 e. The molecule has 1 aromatic rings. The van der Waals surface area contributed by atoms with Crippen LogP contribution in [0.25, 0.3) is 0 Å². The fraction of sp³-hybridized carbons (Fsp3) is 0.455. The zero-order valence-electron chi connectivity index (χ0n) is 9.23. The Morgan fingerprint density at radius 2 is 1.83 bits per heavy atom. The summed E-state index contributed by atoms with van der Waals surface area (Å²) in [5, 5.41) is 0.255. The first-order valence-electron chi connectivity index (χ1n) is 5.36. The maximum atomic E-state index is 12.4. The molecule has 0 bridgehead atoms. The fourth-order valence-corrected chi connectivity index (χ4v) is 2.89. The Labute approximate surface area is 116 Å². The summed E-state index contributed by atoms with van der Waals surface area (Å²) < 4.78 is 41.6. The molecule has 1 heterocycles. The van der Waals surface area contributed by atoms with Gasteiger partial charge in [-0.1, -0.05) is 27.5 Å². The minimum atomic E-state index is -4.72. The molecule has 0 spiro atoms. The second-order valence-electron chi connectivity index (χ2n) is 3.98. The van der Waals surface area contributed by atoms with Crippen molar-refractivity contribution in [2.75, 3.05) is 18.0 Å². The summed E-state index contributed by atoms with van der Waals surface area (Å²) in [4.78, 5) is 1.82. The third-order valence-corrected chi connectivity index (χ3v) is 3.39. The molecule has 0 radical (unpaired) electrons. The first kappa shape index (κ1) is 13.8. The molecule has 100 valence electrons. The van der Waals surface area contributed by atoms with Gasteiger partial charge < -0.3 is 9.64 Å². The molecule has 1 aliphatic heterocycles. The molecule has 7 heteroatoms. The lowest BCUT2D eigenvalue weighted by molar-refractivity contribution is -0.274. The van der Waals surface area contributed by atoms with Gasteiger partial charge in [0.15, 0.2) is 5.75 Å². The predicted molar refractivity (Wildman–Crippen MR) is 67.3 cm³/mol. The second-order valence-corrected chi connectivity index (χ2v) is 5.30. The Hall–Kier alpha value is -0.620. The molecule has 0 saturated carbocycles. The van der Waals surface area contributed by atoms with E-state index in [2.05, 4.69) is 20.7 Å². The monoisotopic (exact) mass is 343 g/mol. The van der Waals surface area contributed by atoms with Crippen molar-refractivity contribution in [2.45, 2.75) is 19.2 Å². The van der Waals surface area contributed by atoms with Crippen LogP contribution in [-0.4, -0.2) is 19.5 Å². The molecule has 0 aromatic heterocycles. The lowest BCUT2D eigenvalue weighted by Crippen LogP contribution is -2.23. The summed E-state index contributed by atoms with van der Waals surface area (Å²) in [5.41, 5.74) is 0.315. The van der Waals surface area contributed by atoms with Gasteiger partial charge in [-0.2, -0.15) is 0 Å². The number of benzene rings is 1. The summed E-state index contributed by atoms with van der Waals surface area (Å²) in [7, 11) is 0. The third kappa shape index (κ3) is 3.23. The number of ether oxygens (including phenoxy) is 1. The van der Waals surface area contributed by atoms with E-state index in [4.69, 9.17) is 11.6 Å². The van der Waals surface area contributed by atoms with Crippen LogP contribution in [-0.2, 0) is 0 Å². The lowest BCUT2D eigenvalue weighted by Gasteiger charge is -2.23. The Kier molecular flexibility index (Phi) is 3.96. The van der Waals surface area contributed by atoms with Crippen LogP contribution in [0.1, 0.15) is 12.8 Å². The number of nitrogens with zero attached hydrogens (tertiary/aromatic N) is 1. The number of anilines is 1. The highest BCUT2D eigenvalue weighted by Gasteiger charge is 2.34. The normalized spacial score (nSPS) is 16.2. The van der Waals surface area contributed by atoms with Gasteiger partial charge in [0.2, 0.25) is 0 Å². The van der Waals surface area contributed by atoms with E-state index >= 15 is 0 Å². The molecular weight excluding hydrogens is 334 g/mol. The quantitative estimate of drug-likeness (QED) is 0.777. The molecule has 0 aliphatic carbocycles. The van der Waals surface area contributed by atoms with Gasteiger partial charge in [-0.15, -0.1) is 13.2 Å². The van der Waals surface area contributed by atoms with E-state index in [1.54, 1.807) is 6.07 Å². The van der Waals surface area contributed by atoms with Crippen LogP contribution >= 0.6 is 27.5 Å². The highest BCUT2D eigenvalue weighted by atomic mass is 79.9. The summed E-state index contributed by atoms with van der Waals surface area (Å²) in [6, 6.07) is 2.85. The standard InChI is InChI=1S/C11H10BrClF3NO/c12-7-5-8(13)10(17-3-1-2-4-17)9(6-7)18-11(14,15)16/h5-6H,1-4H2. The smallest absolute Gasteiger partial charge is 0.403 e. The first-order valence-corrected chi connectivity index (χ1v) is 6.53. The van der Waals surface area contributed by atoms with Gasteiger partial charge in [-0.25, -0.2) is 0 Å². The number of hydrogen-bond acceptors (Lipinski definition) is 2. The van der Waals surface area contributed by atoms with Crippen LogP contribution in [0.2, 0.25) is 5.02 Å². The Morgan fingerprint density at radius 3 is 2.39 bits per heavy atom. The van der Waals surface area contributed by atoms with Crippen LogP contribution < -0.4 is 9.64 Å². The van der Waals surface area contributed by atoms with Gasteiger partial charge >= 0.3 is 6.36 Å². The summed E-state index contributed by atoms with van der Waals surface area (Å²) in [5.74, 6) is -0.260. The van der Waals surface area contributed by atoms with Gasteiger partial charge in [-0.05, 0) is 25.0 Å². The number of alkyl halides is 3. The number of rotatable bonds is 2. The van der Waals surface area contributed by atoms with Crippen molar-refractivity contribution in [3.05, 3.63) is 21.6 Å². The van der Waals surface area contributed by atoms with Gasteiger partial charge in [0, 0.05) is 17.6 Å². The third-order valence-electron chi connectivity index (χ3n) is 2.64. The van der Waals surface area contributed by atoms with Crippen LogP contribution in [0.5, 0.6) is 5.75 Å². The Balaban J connectivity index is 2.41. The molecule has 18 heavy (non-hydrogen) atoms. The van der Waals surface area contributed by atoms with Gasteiger partial charge in [0.25, 0.3) is 0 Å². The molecule has 1 fully saturated rings. The zero-order valence-corrected chi connectivity index (χ0v) is 11.6. The first-order chi connectivity index (χ1) is 8.37. The maximum absolute atomic E-state index is 12.4. The van der Waals surface area contributed by atoms with Crippen molar-refractivity contribution in [2.24, 2.45) is 0 Å². The van der Waals surface area contributed by atoms with E-state index in [1.807, 2.05) is 4.90 Å². The molecule has 1 saturated heterocycles. The van der Waals surface area contributed by atoms with Crippen molar-refractivity contribution >= 4 is 33.2 Å². The fourth-order valence-electron chi connectivity index (χ4n) is 1.99. The Morgan fingerprint density at radius 1 is 1.22 bits per heavy atom. The van der Waals surface area contributed by atoms with Crippen LogP contribution in [0.3, 0.4) is 0 Å². The van der Waals surface area contributed by atoms with Crippen molar-refractivity contribution in [1.82, 2.24) is 0 Å². The molecule has 2 rings (SSSR count). The van der Waals surface area contributed by atoms with Gasteiger partial charge in [0.05, 0.1) is 10.7 Å². The maximum Gasteiger partial charge on any atom is 0.573 e. The van der Waals surface area contributed by atoms with E-state index < -0.39 is 6.36 Å². The van der Waals surface area contributed by atoms with Crippen molar-refractivity contribution in [1.29, 1.82) is 0 Å². The van der Waals surface area contributed by atoms with Crippen LogP contribution in [0.4, 0.5) is 18.9 Å². The molecule has 1 aliphatic rings. The van der Waals surface area contributed by atoms with Gasteiger partial charge in [-0.3, -0.25) is 0 Å². The minimum absolute atomic E-state index is 0.255. The number of hydrogen-bond donors (Lipinski definition) is 0. The highest BCUT2D eigenvalue weighted by Crippen LogP contribution is 2.42. The number of halogens is 5. The van der Waals surface area contributed by atoms with E-state index in [0.717, 1.165) is 12.8 Å². The van der Waals surface area contributed by atoms with Crippen molar-refractivity contribution < 1.29 is 17.9 Å². The summed E-state index contributed by atoms with van der Waals surface area (Å²) >= 11 is 9.14. The zero-order chi connectivity index (χ0) is 13.3. The van der Waals surface area contributed by atoms with Crippen molar-refractivity contribution in [3.63, 3.8) is 0 Å². The molecule has 0 amide bonds. The molecule has 1 aromatic carbocycles. The summed E-state index contributed by atoms with van der Waals surface area (Å²) in [6.45, 7) is 1.38. The second kappa shape index (κ2) is 5.17. The highest BCUT2D eigenvalue weighted by molar-refractivity contribution is 9.10. The SMILES string of the molecule is FC(F)(F)Oc1cc(Br)cc(Cl)c1N1CCCC1. The lowest BCUT2D eigenvalue weighted by atomic mass is 10.2. The molecule has 0 unspecified atom stereocenters. The average Bonchev–Trinajstić information content (AvgIpc) is 2.66. The van der Waals surface area contributed by atoms with E-state index in [1.165, 1.54) is 6.07 Å². The predicted octanol–water partition coefficient (Wildman–Crippen LogP) is 4.60. The van der Waals surface area contributed by atoms with Gasteiger partial charge in [0.1, 0.15) is 0 Å². The van der Waals surface area contributed by atoms with Crippen LogP contribution in [0, 0.1) is 0 Å². The molecule has 2 nitrogen and oxygen atoms in total. The Bertz CT molecular complexity index is 447. The molecular formula is C11H10BrClF3NO. The topological polar surface area (TPSA) is 12.5 Å². The van der Waals surface area contributed by atoms with Crippen LogP contribution in [0.15, 0.2) is 16.6 Å². The molecule has 0 N–H and O–H groups in total. The van der Waals surface area contributed by atoms with E-state index in [-0.39, 0.29) is 10.8 Å². The average molecular weight is 345 g/mol. The summed E-state index contributed by atoms with van der Waals surface area (Å²) in [6.07, 6.45) is -2.84.